The van der Waals surface area contributed by atoms with Crippen LogP contribution in [0.15, 0.2) is 94.7 Å². The van der Waals surface area contributed by atoms with E-state index in [2.05, 4.69) is 10.0 Å². The van der Waals surface area contributed by atoms with E-state index in [4.69, 9.17) is 0 Å². The number of anilines is 2. The number of nitrogens with one attached hydrogen (secondary N) is 3. The molecule has 0 heterocycles. The van der Waals surface area contributed by atoms with Gasteiger partial charge in [0, 0.05) is 5.69 Å². The zero-order chi connectivity index (χ0) is 20.9. The van der Waals surface area contributed by atoms with Crippen LogP contribution >= 0.6 is 0 Å². The van der Waals surface area contributed by atoms with E-state index in [-0.39, 0.29) is 15.5 Å². The van der Waals surface area contributed by atoms with E-state index in [9.17, 15) is 21.6 Å². The first-order valence-electron chi connectivity index (χ1n) is 8.34. The third kappa shape index (κ3) is 5.12. The lowest BCUT2D eigenvalue weighted by Gasteiger charge is -2.14. The Balaban J connectivity index is 1.81. The van der Waals surface area contributed by atoms with Crippen LogP contribution in [0, 0.1) is 0 Å². The molecule has 29 heavy (non-hydrogen) atoms. The van der Waals surface area contributed by atoms with Gasteiger partial charge in [-0.1, -0.05) is 48.5 Å². The second kappa shape index (κ2) is 8.33. The summed E-state index contributed by atoms with van der Waals surface area (Å²) in [6, 6.07) is 20.1. The number of urea groups is 1. The second-order valence-corrected chi connectivity index (χ2v) is 9.17. The number of rotatable bonds is 6. The van der Waals surface area contributed by atoms with E-state index in [1.54, 1.807) is 36.4 Å². The van der Waals surface area contributed by atoms with Gasteiger partial charge in [0.2, 0.25) is 0 Å². The summed E-state index contributed by atoms with van der Waals surface area (Å²) in [7, 11) is -8.13. The maximum Gasteiger partial charge on any atom is 0.333 e. The number of carbonyl (C=O) groups is 1. The average Bonchev–Trinajstić information content (AvgIpc) is 2.69. The molecule has 8 nitrogen and oxygen atoms in total. The summed E-state index contributed by atoms with van der Waals surface area (Å²) in [5, 5.41) is 2.28. The molecule has 0 unspecified atom stereocenters. The van der Waals surface area contributed by atoms with Gasteiger partial charge in [0.1, 0.15) is 4.90 Å². The highest BCUT2D eigenvalue weighted by molar-refractivity contribution is 7.93. The van der Waals surface area contributed by atoms with E-state index >= 15 is 0 Å². The molecule has 0 aliphatic carbocycles. The van der Waals surface area contributed by atoms with Crippen molar-refractivity contribution in [3.05, 3.63) is 84.9 Å². The van der Waals surface area contributed by atoms with Gasteiger partial charge in [-0.2, -0.15) is 0 Å². The number of hydrogen-bond acceptors (Lipinski definition) is 5. The van der Waals surface area contributed by atoms with Crippen LogP contribution in [0.4, 0.5) is 16.2 Å². The Morgan fingerprint density at radius 2 is 1.21 bits per heavy atom. The van der Waals surface area contributed by atoms with Crippen LogP contribution in [-0.4, -0.2) is 22.9 Å². The van der Waals surface area contributed by atoms with Crippen molar-refractivity contribution in [1.82, 2.24) is 4.72 Å². The fourth-order valence-electron chi connectivity index (χ4n) is 2.45. The van der Waals surface area contributed by atoms with E-state index in [0.29, 0.717) is 5.69 Å². The lowest BCUT2D eigenvalue weighted by Crippen LogP contribution is -2.34. The Bertz CT molecular complexity index is 1210. The van der Waals surface area contributed by atoms with Crippen LogP contribution in [0.3, 0.4) is 0 Å². The smallest absolute Gasteiger partial charge is 0.306 e. The van der Waals surface area contributed by atoms with Gasteiger partial charge in [-0.05, 0) is 36.4 Å². The molecular weight excluding hydrogens is 414 g/mol. The number of para-hydroxylation sites is 2. The number of benzene rings is 3. The molecule has 150 valence electrons. The molecule has 0 fully saturated rings. The fourth-order valence-corrected chi connectivity index (χ4v) is 4.60. The Kier molecular flexibility index (Phi) is 5.85. The molecule has 0 saturated heterocycles. The van der Waals surface area contributed by atoms with Gasteiger partial charge in [0.25, 0.3) is 20.0 Å². The minimum Gasteiger partial charge on any atom is -0.306 e. The van der Waals surface area contributed by atoms with Crippen LogP contribution in [-0.2, 0) is 20.0 Å². The highest BCUT2D eigenvalue weighted by atomic mass is 32.2. The molecule has 10 heteroatoms. The molecule has 0 atom stereocenters. The standard InChI is InChI=1S/C19H17N3O5S2/c23-19(22-28(24,25)16-11-5-2-6-12-16)20-17-13-7-8-14-18(17)29(26,27)21-15-9-3-1-4-10-15/h1-14,21H,(H2,20,22,23). The Morgan fingerprint density at radius 3 is 1.86 bits per heavy atom. The first kappa shape index (κ1) is 20.4. The fraction of sp³-hybridized carbons (Fsp3) is 0. The summed E-state index contributed by atoms with van der Waals surface area (Å²) in [6.45, 7) is 0. The van der Waals surface area contributed by atoms with Crippen LogP contribution < -0.4 is 14.8 Å². The predicted molar refractivity (Wildman–Crippen MR) is 109 cm³/mol. The lowest BCUT2D eigenvalue weighted by atomic mass is 10.3. The molecule has 0 bridgehead atoms. The highest BCUT2D eigenvalue weighted by Crippen LogP contribution is 2.23. The van der Waals surface area contributed by atoms with Crippen molar-refractivity contribution in [3.63, 3.8) is 0 Å². The van der Waals surface area contributed by atoms with E-state index in [1.807, 2.05) is 4.72 Å². The number of hydrogen-bond donors (Lipinski definition) is 3. The molecule has 0 aromatic heterocycles. The molecule has 0 saturated carbocycles. The van der Waals surface area contributed by atoms with Crippen molar-refractivity contribution in [3.8, 4) is 0 Å². The Labute approximate surface area is 168 Å². The maximum atomic E-state index is 12.7. The quantitative estimate of drug-likeness (QED) is 0.554. The van der Waals surface area contributed by atoms with Crippen molar-refractivity contribution in [1.29, 1.82) is 0 Å². The third-order valence-corrected chi connectivity index (χ3v) is 6.52. The average molecular weight is 431 g/mol. The van der Waals surface area contributed by atoms with Gasteiger partial charge < -0.3 is 5.32 Å². The Hall–Kier alpha value is -3.37. The summed E-state index contributed by atoms with van der Waals surface area (Å²) < 4.78 is 54.2. The monoisotopic (exact) mass is 431 g/mol. The zero-order valence-corrected chi connectivity index (χ0v) is 16.6. The largest absolute Gasteiger partial charge is 0.333 e. The van der Waals surface area contributed by atoms with Crippen LogP contribution in [0.2, 0.25) is 0 Å². The maximum absolute atomic E-state index is 12.7. The summed E-state index contributed by atoms with van der Waals surface area (Å²) in [5.74, 6) is 0. The normalized spacial score (nSPS) is 11.4. The third-order valence-electron chi connectivity index (χ3n) is 3.73. The zero-order valence-electron chi connectivity index (χ0n) is 14.9. The number of amides is 2. The minimum absolute atomic E-state index is 0.0725. The predicted octanol–water partition coefficient (Wildman–Crippen LogP) is 3.00. The van der Waals surface area contributed by atoms with Crippen LogP contribution in [0.5, 0.6) is 0 Å². The van der Waals surface area contributed by atoms with Crippen LogP contribution in [0.1, 0.15) is 0 Å². The molecule has 0 aliphatic rings. The van der Waals surface area contributed by atoms with E-state index in [0.717, 1.165) is 0 Å². The van der Waals surface area contributed by atoms with Gasteiger partial charge in [0.05, 0.1) is 10.6 Å². The first-order valence-corrected chi connectivity index (χ1v) is 11.3. The van der Waals surface area contributed by atoms with E-state index in [1.165, 1.54) is 48.5 Å². The molecular formula is C19H17N3O5S2. The van der Waals surface area contributed by atoms with Crippen molar-refractivity contribution < 1.29 is 21.6 Å². The van der Waals surface area contributed by atoms with Gasteiger partial charge in [-0.15, -0.1) is 0 Å². The summed E-state index contributed by atoms with van der Waals surface area (Å²) in [6.07, 6.45) is 0. The highest BCUT2D eigenvalue weighted by Gasteiger charge is 2.22. The van der Waals surface area contributed by atoms with Gasteiger partial charge >= 0.3 is 6.03 Å². The second-order valence-electron chi connectivity index (χ2n) is 5.84. The van der Waals surface area contributed by atoms with Crippen molar-refractivity contribution in [2.75, 3.05) is 10.0 Å². The van der Waals surface area contributed by atoms with Crippen molar-refractivity contribution >= 4 is 37.5 Å². The Morgan fingerprint density at radius 1 is 0.655 bits per heavy atom. The summed E-state index contributed by atoms with van der Waals surface area (Å²) in [4.78, 5) is 11.9. The number of sulfonamides is 2. The molecule has 0 spiro atoms. The molecule has 3 aromatic rings. The number of carbonyl (C=O) groups excluding carboxylic acids is 1. The summed E-state index contributed by atoms with van der Waals surface area (Å²) >= 11 is 0. The SMILES string of the molecule is O=C(Nc1ccccc1S(=O)(=O)Nc1ccccc1)NS(=O)(=O)c1ccccc1. The first-order chi connectivity index (χ1) is 13.8. The molecule has 3 rings (SSSR count). The van der Waals surface area contributed by atoms with Gasteiger partial charge in [-0.3, -0.25) is 4.72 Å². The van der Waals surface area contributed by atoms with Crippen molar-refractivity contribution in [2.24, 2.45) is 0 Å². The van der Waals surface area contributed by atoms with Gasteiger partial charge in [0.15, 0.2) is 0 Å². The molecule has 3 aromatic carbocycles. The molecule has 3 N–H and O–H groups in total. The van der Waals surface area contributed by atoms with Crippen LogP contribution in [0.25, 0.3) is 0 Å². The van der Waals surface area contributed by atoms with Gasteiger partial charge in [-0.25, -0.2) is 26.4 Å². The minimum atomic E-state index is -4.10. The molecule has 2 amide bonds. The lowest BCUT2D eigenvalue weighted by molar-refractivity contribution is 0.256. The van der Waals surface area contributed by atoms with Crippen molar-refractivity contribution in [2.45, 2.75) is 9.79 Å². The summed E-state index contributed by atoms with van der Waals surface area (Å²) in [5.41, 5.74) is 0.273. The molecule has 0 aliphatic heterocycles. The molecule has 0 radical (unpaired) electrons. The topological polar surface area (TPSA) is 121 Å². The van der Waals surface area contributed by atoms with E-state index < -0.39 is 26.1 Å².